The maximum absolute atomic E-state index is 10.5. The largest absolute Gasteiger partial charge is 0.504 e. The molecule has 5 heteroatoms. The Morgan fingerprint density at radius 2 is 2.17 bits per heavy atom. The van der Waals surface area contributed by atoms with Crippen LogP contribution in [0, 0.1) is 0 Å². The average molecular weight is 269 g/mol. The second kappa shape index (κ2) is 6.71. The Kier molecular flexibility index (Phi) is 5.27. The van der Waals surface area contributed by atoms with Gasteiger partial charge in [0.05, 0.1) is 7.11 Å². The fourth-order valence-electron chi connectivity index (χ4n) is 1.37. The Morgan fingerprint density at radius 3 is 2.72 bits per heavy atom. The molecule has 0 saturated carbocycles. The molecule has 2 N–H and O–H groups in total. The first-order valence-corrected chi connectivity index (χ1v) is 5.66. The smallest absolute Gasteiger partial charge is 0.328 e. The van der Waals surface area contributed by atoms with Crippen LogP contribution < -0.4 is 4.74 Å². The molecule has 0 aliphatic heterocycles. The first-order valence-electron chi connectivity index (χ1n) is 5.13. The normalized spacial score (nSPS) is 11.2. The fraction of sp³-hybridized carbons (Fsp3) is 0.154. The maximum Gasteiger partial charge on any atom is 0.328 e. The van der Waals surface area contributed by atoms with Crippen LogP contribution in [0.2, 0.25) is 0 Å². The van der Waals surface area contributed by atoms with Crippen LogP contribution in [0.4, 0.5) is 0 Å². The molecule has 0 fully saturated rings. The van der Waals surface area contributed by atoms with E-state index in [1.54, 1.807) is 24.3 Å². The summed E-state index contributed by atoms with van der Waals surface area (Å²) in [7, 11) is 1.43. The zero-order valence-corrected chi connectivity index (χ0v) is 10.5. The second-order valence-corrected chi connectivity index (χ2v) is 3.70. The molecule has 0 spiro atoms. The Balaban J connectivity index is 3.21. The molecule has 0 aromatic heterocycles. The van der Waals surface area contributed by atoms with E-state index in [4.69, 9.17) is 21.4 Å². The summed E-state index contributed by atoms with van der Waals surface area (Å²) in [5, 5.41) is 18.4. The van der Waals surface area contributed by atoms with Crippen molar-refractivity contribution in [3.8, 4) is 11.5 Å². The van der Waals surface area contributed by atoms with Gasteiger partial charge >= 0.3 is 5.97 Å². The highest BCUT2D eigenvalue weighted by atomic mass is 35.5. The number of carboxylic acids is 1. The van der Waals surface area contributed by atoms with Crippen LogP contribution in [-0.2, 0) is 4.79 Å². The molecule has 18 heavy (non-hydrogen) atoms. The van der Waals surface area contributed by atoms with Crippen molar-refractivity contribution in [2.75, 3.05) is 13.0 Å². The van der Waals surface area contributed by atoms with Gasteiger partial charge in [0, 0.05) is 17.5 Å². The van der Waals surface area contributed by atoms with Gasteiger partial charge in [-0.3, -0.25) is 0 Å². The molecule has 96 valence electrons. The van der Waals surface area contributed by atoms with Gasteiger partial charge in [-0.1, -0.05) is 12.2 Å². The number of ether oxygens (including phenoxy) is 1. The molecule has 0 amide bonds. The van der Waals surface area contributed by atoms with Crippen molar-refractivity contribution in [3.05, 3.63) is 35.4 Å². The molecule has 1 aromatic carbocycles. The number of aromatic hydroxyl groups is 1. The highest BCUT2D eigenvalue weighted by Gasteiger charge is 2.07. The Morgan fingerprint density at radius 1 is 1.44 bits per heavy atom. The molecule has 0 unspecified atom stereocenters. The van der Waals surface area contributed by atoms with Crippen molar-refractivity contribution in [2.24, 2.45) is 0 Å². The van der Waals surface area contributed by atoms with Crippen molar-refractivity contribution in [2.45, 2.75) is 0 Å². The second-order valence-electron chi connectivity index (χ2n) is 3.39. The van der Waals surface area contributed by atoms with Gasteiger partial charge in [-0.25, -0.2) is 4.79 Å². The van der Waals surface area contributed by atoms with Gasteiger partial charge in [0.2, 0.25) is 0 Å². The lowest BCUT2D eigenvalue weighted by molar-refractivity contribution is -0.131. The van der Waals surface area contributed by atoms with Gasteiger partial charge in [-0.15, -0.1) is 11.6 Å². The number of rotatable bonds is 5. The summed E-state index contributed by atoms with van der Waals surface area (Å²) >= 11 is 5.53. The highest BCUT2D eigenvalue weighted by Crippen LogP contribution is 2.32. The summed E-state index contributed by atoms with van der Waals surface area (Å²) in [6, 6.07) is 3.19. The minimum Gasteiger partial charge on any atom is -0.504 e. The molecule has 0 aliphatic carbocycles. The van der Waals surface area contributed by atoms with Crippen molar-refractivity contribution >= 4 is 29.7 Å². The lowest BCUT2D eigenvalue weighted by atomic mass is 10.1. The van der Waals surface area contributed by atoms with E-state index in [1.807, 2.05) is 0 Å². The third-order valence-corrected chi connectivity index (χ3v) is 2.33. The van der Waals surface area contributed by atoms with Crippen LogP contribution in [0.15, 0.2) is 24.3 Å². The van der Waals surface area contributed by atoms with E-state index in [-0.39, 0.29) is 11.5 Å². The third kappa shape index (κ3) is 3.82. The van der Waals surface area contributed by atoms with E-state index in [2.05, 4.69) is 0 Å². The molecule has 0 bridgehead atoms. The van der Waals surface area contributed by atoms with E-state index in [0.29, 0.717) is 17.0 Å². The molecule has 0 atom stereocenters. The zero-order chi connectivity index (χ0) is 13.5. The standard InChI is InChI=1S/C13H13ClO4/c1-18-11-8-9(4-5-12(15)16)7-10(13(11)17)3-2-6-14/h2-5,7-8,17H,6H2,1H3,(H,15,16). The number of aliphatic carboxylic acids is 1. The average Bonchev–Trinajstić information content (AvgIpc) is 2.35. The maximum atomic E-state index is 10.5. The summed E-state index contributed by atoms with van der Waals surface area (Å²) in [4.78, 5) is 10.5. The topological polar surface area (TPSA) is 66.8 Å². The van der Waals surface area contributed by atoms with Crippen LogP contribution in [0.3, 0.4) is 0 Å². The van der Waals surface area contributed by atoms with Gasteiger partial charge < -0.3 is 14.9 Å². The summed E-state index contributed by atoms with van der Waals surface area (Å²) in [6.45, 7) is 0. The van der Waals surface area contributed by atoms with Crippen LogP contribution in [0.25, 0.3) is 12.2 Å². The van der Waals surface area contributed by atoms with E-state index in [9.17, 15) is 9.90 Å². The van der Waals surface area contributed by atoms with E-state index in [0.717, 1.165) is 6.08 Å². The SMILES string of the molecule is COc1cc(C=CC(=O)O)cc(C=CCCl)c1O. The zero-order valence-electron chi connectivity index (χ0n) is 9.76. The highest BCUT2D eigenvalue weighted by molar-refractivity contribution is 6.19. The predicted molar refractivity (Wildman–Crippen MR) is 71.1 cm³/mol. The molecule has 4 nitrogen and oxygen atoms in total. The van der Waals surface area contributed by atoms with Gasteiger partial charge in [0.1, 0.15) is 0 Å². The number of hydrogen-bond donors (Lipinski definition) is 2. The number of carboxylic acid groups (broad SMARTS) is 1. The van der Waals surface area contributed by atoms with Crippen LogP contribution in [-0.4, -0.2) is 29.2 Å². The first-order chi connectivity index (χ1) is 8.58. The number of halogens is 1. The van der Waals surface area contributed by atoms with Crippen molar-refractivity contribution in [1.29, 1.82) is 0 Å². The molecule has 0 saturated heterocycles. The number of phenolic OH excluding ortho intramolecular Hbond substituents is 1. The molecule has 0 radical (unpaired) electrons. The van der Waals surface area contributed by atoms with Gasteiger partial charge in [-0.2, -0.15) is 0 Å². The predicted octanol–water partition coefficient (Wildman–Crippen LogP) is 2.75. The first kappa shape index (κ1) is 14.1. The number of phenols is 1. The van der Waals surface area contributed by atoms with Crippen LogP contribution in [0.5, 0.6) is 11.5 Å². The van der Waals surface area contributed by atoms with E-state index in [1.165, 1.54) is 13.2 Å². The lowest BCUT2D eigenvalue weighted by Gasteiger charge is -2.08. The molecular formula is C13H13ClO4. The van der Waals surface area contributed by atoms with Crippen molar-refractivity contribution < 1.29 is 19.7 Å². The van der Waals surface area contributed by atoms with Crippen molar-refractivity contribution in [3.63, 3.8) is 0 Å². The fourth-order valence-corrected chi connectivity index (χ4v) is 1.46. The van der Waals surface area contributed by atoms with Crippen LogP contribution in [0.1, 0.15) is 11.1 Å². The van der Waals surface area contributed by atoms with Gasteiger partial charge in [-0.05, 0) is 23.8 Å². The summed E-state index contributed by atoms with van der Waals surface area (Å²) < 4.78 is 5.01. The number of hydrogen-bond acceptors (Lipinski definition) is 3. The lowest BCUT2D eigenvalue weighted by Crippen LogP contribution is -1.89. The minimum atomic E-state index is -1.04. The number of carbonyl (C=O) groups is 1. The molecular weight excluding hydrogens is 256 g/mol. The van der Waals surface area contributed by atoms with E-state index >= 15 is 0 Å². The summed E-state index contributed by atoms with van der Waals surface area (Å²) in [5.41, 5.74) is 1.13. The monoisotopic (exact) mass is 268 g/mol. The minimum absolute atomic E-state index is 0.00802. The Hall–Kier alpha value is -1.94. The number of benzene rings is 1. The molecule has 1 aromatic rings. The van der Waals surface area contributed by atoms with Crippen molar-refractivity contribution in [1.82, 2.24) is 0 Å². The molecule has 1 rings (SSSR count). The summed E-state index contributed by atoms with van der Waals surface area (Å²) in [6.07, 6.45) is 5.74. The number of methoxy groups -OCH3 is 1. The van der Waals surface area contributed by atoms with Crippen LogP contribution >= 0.6 is 11.6 Å². The Bertz CT molecular complexity index is 492. The van der Waals surface area contributed by atoms with Gasteiger partial charge in [0.15, 0.2) is 11.5 Å². The third-order valence-electron chi connectivity index (χ3n) is 2.15. The number of allylic oxidation sites excluding steroid dienone is 1. The molecule has 0 aliphatic rings. The summed E-state index contributed by atoms with van der Waals surface area (Å²) in [5.74, 6) is -0.459. The van der Waals surface area contributed by atoms with E-state index < -0.39 is 5.97 Å². The number of alkyl halides is 1. The van der Waals surface area contributed by atoms with Gasteiger partial charge in [0.25, 0.3) is 0 Å². The molecule has 0 heterocycles. The Labute approximate surface area is 110 Å². The quantitative estimate of drug-likeness (QED) is 0.636.